The van der Waals surface area contributed by atoms with Crippen LogP contribution >= 0.6 is 0 Å². The van der Waals surface area contributed by atoms with Gasteiger partial charge in [0.05, 0.1) is 0 Å². The van der Waals surface area contributed by atoms with E-state index in [9.17, 15) is 4.79 Å². The molecule has 5 nitrogen and oxygen atoms in total. The lowest BCUT2D eigenvalue weighted by atomic mass is 10.0. The zero-order chi connectivity index (χ0) is 12.5. The summed E-state index contributed by atoms with van der Waals surface area (Å²) in [5, 5.41) is 15.4. The molecule has 2 unspecified atom stereocenters. The van der Waals surface area contributed by atoms with Gasteiger partial charge in [0.1, 0.15) is 17.9 Å². The Labute approximate surface area is 96.4 Å². The van der Waals surface area contributed by atoms with Crippen molar-refractivity contribution >= 4 is 18.0 Å². The van der Waals surface area contributed by atoms with Gasteiger partial charge in [0, 0.05) is 19.3 Å². The van der Waals surface area contributed by atoms with Gasteiger partial charge >= 0.3 is 0 Å². The third kappa shape index (κ3) is 1.81. The van der Waals surface area contributed by atoms with Crippen LogP contribution in [0.25, 0.3) is 0 Å². The standard InChI is InChI=1S/C11H20N4O/c1-5-8-11(16)14(4)9(6-12)10(13)15(8)7(2)3/h6-9,12-13H,5H2,1-4H3. The minimum atomic E-state index is -0.516. The second kappa shape index (κ2) is 4.63. The van der Waals surface area contributed by atoms with Gasteiger partial charge in [0.25, 0.3) is 0 Å². The fraction of sp³-hybridized carbons (Fsp3) is 0.727. The molecule has 1 amide bonds. The van der Waals surface area contributed by atoms with E-state index in [1.165, 1.54) is 4.90 Å². The van der Waals surface area contributed by atoms with E-state index in [1.54, 1.807) is 7.05 Å². The maximum absolute atomic E-state index is 12.1. The molecule has 0 aromatic rings. The number of piperazine rings is 1. The van der Waals surface area contributed by atoms with E-state index >= 15 is 0 Å². The molecule has 5 heteroatoms. The molecular weight excluding hydrogens is 204 g/mol. The summed E-state index contributed by atoms with van der Waals surface area (Å²) in [6.45, 7) is 5.89. The first-order chi connectivity index (χ1) is 7.45. The van der Waals surface area contributed by atoms with E-state index in [0.717, 1.165) is 6.21 Å². The summed E-state index contributed by atoms with van der Waals surface area (Å²) in [4.78, 5) is 15.4. The quantitative estimate of drug-likeness (QED) is 0.700. The fourth-order valence-corrected chi connectivity index (χ4v) is 2.20. The Balaban J connectivity index is 3.10. The number of amides is 1. The first kappa shape index (κ1) is 12.7. The molecule has 1 rings (SSSR count). The monoisotopic (exact) mass is 224 g/mol. The molecule has 1 aliphatic rings. The lowest BCUT2D eigenvalue weighted by Crippen LogP contribution is -2.65. The molecule has 1 saturated heterocycles. The summed E-state index contributed by atoms with van der Waals surface area (Å²) >= 11 is 0. The number of likely N-dealkylation sites (N-methyl/N-ethyl adjacent to an activating group) is 1. The third-order valence-corrected chi connectivity index (χ3v) is 3.04. The van der Waals surface area contributed by atoms with E-state index in [2.05, 4.69) is 0 Å². The first-order valence-electron chi connectivity index (χ1n) is 5.59. The number of carbonyl (C=O) groups excluding carboxylic acids is 1. The molecular formula is C11H20N4O. The van der Waals surface area contributed by atoms with Crippen LogP contribution in [0.3, 0.4) is 0 Å². The highest BCUT2D eigenvalue weighted by Crippen LogP contribution is 2.20. The molecule has 0 bridgehead atoms. The largest absolute Gasteiger partial charge is 0.344 e. The van der Waals surface area contributed by atoms with Crippen LogP contribution in [0.2, 0.25) is 0 Å². The zero-order valence-electron chi connectivity index (χ0n) is 10.3. The highest BCUT2D eigenvalue weighted by atomic mass is 16.2. The molecule has 0 aromatic heterocycles. The van der Waals surface area contributed by atoms with Crippen LogP contribution in [0.5, 0.6) is 0 Å². The minimum absolute atomic E-state index is 0.000648. The number of carbonyl (C=O) groups is 1. The molecule has 2 atom stereocenters. The smallest absolute Gasteiger partial charge is 0.245 e. The van der Waals surface area contributed by atoms with Crippen LogP contribution in [0.4, 0.5) is 0 Å². The second-order valence-electron chi connectivity index (χ2n) is 4.37. The van der Waals surface area contributed by atoms with E-state index in [1.807, 2.05) is 25.7 Å². The molecule has 90 valence electrons. The Morgan fingerprint density at radius 1 is 1.50 bits per heavy atom. The van der Waals surface area contributed by atoms with Crippen molar-refractivity contribution in [1.29, 1.82) is 10.8 Å². The van der Waals surface area contributed by atoms with Crippen molar-refractivity contribution in [3.63, 3.8) is 0 Å². The van der Waals surface area contributed by atoms with Gasteiger partial charge in [-0.3, -0.25) is 10.2 Å². The third-order valence-electron chi connectivity index (χ3n) is 3.04. The molecule has 2 N–H and O–H groups in total. The molecule has 0 saturated carbocycles. The fourth-order valence-electron chi connectivity index (χ4n) is 2.20. The number of nitrogens with one attached hydrogen (secondary N) is 2. The maximum atomic E-state index is 12.1. The summed E-state index contributed by atoms with van der Waals surface area (Å²) < 4.78 is 0. The Kier molecular flexibility index (Phi) is 3.67. The van der Waals surface area contributed by atoms with Gasteiger partial charge in [0.15, 0.2) is 0 Å². The van der Waals surface area contributed by atoms with Crippen molar-refractivity contribution in [2.45, 2.75) is 45.3 Å². The van der Waals surface area contributed by atoms with Gasteiger partial charge in [-0.1, -0.05) is 6.92 Å². The van der Waals surface area contributed by atoms with E-state index in [4.69, 9.17) is 10.8 Å². The molecule has 0 radical (unpaired) electrons. The molecule has 1 aliphatic heterocycles. The summed E-state index contributed by atoms with van der Waals surface area (Å²) in [7, 11) is 1.66. The van der Waals surface area contributed by atoms with Crippen LogP contribution in [0.1, 0.15) is 27.2 Å². The SMILES string of the molecule is CCC1C(=O)N(C)C(C=N)C(=N)N1C(C)C. The Morgan fingerprint density at radius 3 is 2.44 bits per heavy atom. The van der Waals surface area contributed by atoms with Crippen molar-refractivity contribution in [3.05, 3.63) is 0 Å². The molecule has 0 aliphatic carbocycles. The minimum Gasteiger partial charge on any atom is -0.344 e. The van der Waals surface area contributed by atoms with Crippen molar-refractivity contribution in [2.24, 2.45) is 0 Å². The summed E-state index contributed by atoms with van der Waals surface area (Å²) in [6.07, 6.45) is 1.84. The van der Waals surface area contributed by atoms with Crippen molar-refractivity contribution < 1.29 is 4.79 Å². The van der Waals surface area contributed by atoms with Crippen LogP contribution in [-0.2, 0) is 4.79 Å². The molecule has 1 heterocycles. The van der Waals surface area contributed by atoms with Crippen molar-refractivity contribution in [3.8, 4) is 0 Å². The van der Waals surface area contributed by atoms with Crippen LogP contribution in [-0.4, -0.2) is 52.9 Å². The van der Waals surface area contributed by atoms with Gasteiger partial charge in [-0.25, -0.2) is 0 Å². The van der Waals surface area contributed by atoms with Crippen LogP contribution < -0.4 is 0 Å². The normalized spacial score (nSPS) is 26.6. The van der Waals surface area contributed by atoms with E-state index in [-0.39, 0.29) is 18.0 Å². The predicted octanol–water partition coefficient (Wildman–Crippen LogP) is 0.943. The predicted molar refractivity (Wildman–Crippen MR) is 64.1 cm³/mol. The Bertz CT molecular complexity index is 313. The average Bonchev–Trinajstić information content (AvgIpc) is 2.23. The molecule has 0 aromatic carbocycles. The first-order valence-corrected chi connectivity index (χ1v) is 5.59. The molecule has 0 spiro atoms. The van der Waals surface area contributed by atoms with Gasteiger partial charge in [-0.05, 0) is 20.3 Å². The van der Waals surface area contributed by atoms with E-state index in [0.29, 0.717) is 12.3 Å². The van der Waals surface area contributed by atoms with Crippen molar-refractivity contribution in [1.82, 2.24) is 9.80 Å². The van der Waals surface area contributed by atoms with Gasteiger partial charge in [0.2, 0.25) is 5.91 Å². The lowest BCUT2D eigenvalue weighted by molar-refractivity contribution is -0.137. The average molecular weight is 224 g/mol. The topological polar surface area (TPSA) is 71.2 Å². The lowest BCUT2D eigenvalue weighted by Gasteiger charge is -2.46. The Hall–Kier alpha value is -1.39. The number of hydrogen-bond donors (Lipinski definition) is 2. The summed E-state index contributed by atoms with van der Waals surface area (Å²) in [6, 6.07) is -0.663. The van der Waals surface area contributed by atoms with Gasteiger partial charge < -0.3 is 15.2 Å². The van der Waals surface area contributed by atoms with E-state index < -0.39 is 6.04 Å². The number of rotatable bonds is 3. The zero-order valence-corrected chi connectivity index (χ0v) is 10.3. The highest BCUT2D eigenvalue weighted by molar-refractivity contribution is 6.06. The van der Waals surface area contributed by atoms with Crippen molar-refractivity contribution in [2.75, 3.05) is 7.05 Å². The van der Waals surface area contributed by atoms with Crippen LogP contribution in [0.15, 0.2) is 0 Å². The van der Waals surface area contributed by atoms with Gasteiger partial charge in [-0.15, -0.1) is 0 Å². The Morgan fingerprint density at radius 2 is 2.06 bits per heavy atom. The highest BCUT2D eigenvalue weighted by Gasteiger charge is 2.41. The van der Waals surface area contributed by atoms with Crippen LogP contribution in [0, 0.1) is 10.8 Å². The maximum Gasteiger partial charge on any atom is 0.245 e. The number of hydrogen-bond acceptors (Lipinski definition) is 3. The number of nitrogens with zero attached hydrogens (tertiary/aromatic N) is 2. The second-order valence-corrected chi connectivity index (χ2v) is 4.37. The van der Waals surface area contributed by atoms with Gasteiger partial charge in [-0.2, -0.15) is 0 Å². The molecule has 1 fully saturated rings. The summed E-state index contributed by atoms with van der Waals surface area (Å²) in [5.41, 5.74) is 0. The summed E-state index contributed by atoms with van der Waals surface area (Å²) in [5.74, 6) is 0.347. The molecule has 16 heavy (non-hydrogen) atoms. The number of amidine groups is 1.